The fourth-order valence-corrected chi connectivity index (χ4v) is 2.99. The maximum Gasteiger partial charge on any atom is 0.306 e. The Hall–Kier alpha value is -2.43. The highest BCUT2D eigenvalue weighted by Crippen LogP contribution is 2.27. The van der Waals surface area contributed by atoms with E-state index in [1.54, 1.807) is 0 Å². The van der Waals surface area contributed by atoms with Crippen molar-refractivity contribution in [3.8, 4) is 11.3 Å². The van der Waals surface area contributed by atoms with Crippen LogP contribution in [0.15, 0.2) is 36.4 Å². The molecule has 24 heavy (non-hydrogen) atoms. The first-order valence-electron chi connectivity index (χ1n) is 8.46. The van der Waals surface area contributed by atoms with Crippen LogP contribution in [0.25, 0.3) is 11.3 Å². The molecule has 3 rings (SSSR count). The van der Waals surface area contributed by atoms with Crippen LogP contribution in [0.4, 0.5) is 5.82 Å². The lowest BCUT2D eigenvalue weighted by Crippen LogP contribution is -2.37. The normalized spacial score (nSPS) is 15.7. The van der Waals surface area contributed by atoms with Crippen molar-refractivity contribution in [2.24, 2.45) is 5.92 Å². The van der Waals surface area contributed by atoms with Gasteiger partial charge in [0.05, 0.1) is 11.6 Å². The predicted octanol–water partition coefficient (Wildman–Crippen LogP) is 3.57. The predicted molar refractivity (Wildman–Crippen MR) is 94.1 cm³/mol. The Morgan fingerprint density at radius 1 is 1.17 bits per heavy atom. The van der Waals surface area contributed by atoms with Crippen molar-refractivity contribution in [3.05, 3.63) is 42.2 Å². The van der Waals surface area contributed by atoms with Gasteiger partial charge in [0.25, 0.3) is 0 Å². The SMILES string of the molecule is CC(C)c1nc(-c2ccccc2)cc(N2CCC(C(=O)O)CC2)n1. The standard InChI is InChI=1S/C19H23N3O2/c1-13(2)18-20-16(14-6-4-3-5-7-14)12-17(21-18)22-10-8-15(9-11-22)19(23)24/h3-7,12-13,15H,8-11H2,1-2H3,(H,23,24). The summed E-state index contributed by atoms with van der Waals surface area (Å²) in [6.45, 7) is 5.62. The topological polar surface area (TPSA) is 66.3 Å². The zero-order chi connectivity index (χ0) is 17.1. The average Bonchev–Trinajstić information content (AvgIpc) is 2.62. The van der Waals surface area contributed by atoms with Crippen LogP contribution in [0.2, 0.25) is 0 Å². The second-order valence-corrected chi connectivity index (χ2v) is 6.59. The highest BCUT2D eigenvalue weighted by Gasteiger charge is 2.25. The van der Waals surface area contributed by atoms with Crippen molar-refractivity contribution < 1.29 is 9.90 Å². The summed E-state index contributed by atoms with van der Waals surface area (Å²) in [5.74, 6) is 1.04. The molecule has 1 saturated heterocycles. The zero-order valence-electron chi connectivity index (χ0n) is 14.1. The van der Waals surface area contributed by atoms with Gasteiger partial charge in [-0.2, -0.15) is 0 Å². The van der Waals surface area contributed by atoms with Crippen molar-refractivity contribution in [2.75, 3.05) is 18.0 Å². The van der Waals surface area contributed by atoms with E-state index >= 15 is 0 Å². The van der Waals surface area contributed by atoms with Crippen LogP contribution in [-0.4, -0.2) is 34.1 Å². The molecule has 1 aliphatic heterocycles. The number of carbonyl (C=O) groups is 1. The molecule has 1 aromatic carbocycles. The number of carboxylic acid groups (broad SMARTS) is 1. The first kappa shape index (κ1) is 16.4. The van der Waals surface area contributed by atoms with Crippen molar-refractivity contribution in [3.63, 3.8) is 0 Å². The number of hydrogen-bond acceptors (Lipinski definition) is 4. The molecule has 0 unspecified atom stereocenters. The second kappa shape index (κ2) is 6.99. The number of benzene rings is 1. The fourth-order valence-electron chi connectivity index (χ4n) is 2.99. The van der Waals surface area contributed by atoms with E-state index < -0.39 is 5.97 Å². The zero-order valence-corrected chi connectivity index (χ0v) is 14.1. The van der Waals surface area contributed by atoms with Gasteiger partial charge in [-0.1, -0.05) is 44.2 Å². The Balaban J connectivity index is 1.90. The lowest BCUT2D eigenvalue weighted by Gasteiger charge is -2.31. The smallest absolute Gasteiger partial charge is 0.306 e. The Kier molecular flexibility index (Phi) is 4.79. The quantitative estimate of drug-likeness (QED) is 0.931. The molecule has 2 aromatic rings. The number of carboxylic acids is 1. The lowest BCUT2D eigenvalue weighted by atomic mass is 9.97. The van der Waals surface area contributed by atoms with Crippen LogP contribution in [-0.2, 0) is 4.79 Å². The largest absolute Gasteiger partial charge is 0.481 e. The summed E-state index contributed by atoms with van der Waals surface area (Å²) in [7, 11) is 0. The number of anilines is 1. The maximum atomic E-state index is 11.1. The molecule has 0 saturated carbocycles. The molecule has 1 aliphatic rings. The summed E-state index contributed by atoms with van der Waals surface area (Å²) in [6.07, 6.45) is 1.33. The molecule has 0 atom stereocenters. The molecule has 2 heterocycles. The first-order valence-corrected chi connectivity index (χ1v) is 8.46. The molecule has 1 N–H and O–H groups in total. The van der Waals surface area contributed by atoms with Crippen molar-refractivity contribution >= 4 is 11.8 Å². The van der Waals surface area contributed by atoms with Gasteiger partial charge in [-0.25, -0.2) is 9.97 Å². The van der Waals surface area contributed by atoms with Crippen molar-refractivity contribution in [1.82, 2.24) is 9.97 Å². The minimum atomic E-state index is -0.690. The van der Waals surface area contributed by atoms with Gasteiger partial charge in [0, 0.05) is 30.6 Å². The summed E-state index contributed by atoms with van der Waals surface area (Å²) in [4.78, 5) is 22.7. The fraction of sp³-hybridized carbons (Fsp3) is 0.421. The molecule has 5 nitrogen and oxygen atoms in total. The Morgan fingerprint density at radius 3 is 2.42 bits per heavy atom. The Bertz CT molecular complexity index is 708. The lowest BCUT2D eigenvalue weighted by molar-refractivity contribution is -0.142. The van der Waals surface area contributed by atoms with E-state index in [0.29, 0.717) is 12.8 Å². The molecule has 0 spiro atoms. The van der Waals surface area contributed by atoms with Gasteiger partial charge in [-0.15, -0.1) is 0 Å². The van der Waals surface area contributed by atoms with E-state index in [2.05, 4.69) is 18.7 Å². The molecular formula is C19H23N3O2. The van der Waals surface area contributed by atoms with E-state index in [1.165, 1.54) is 0 Å². The van der Waals surface area contributed by atoms with E-state index in [-0.39, 0.29) is 11.8 Å². The third-order valence-electron chi connectivity index (χ3n) is 4.48. The maximum absolute atomic E-state index is 11.1. The Morgan fingerprint density at radius 2 is 1.83 bits per heavy atom. The van der Waals surface area contributed by atoms with Gasteiger partial charge in [0.1, 0.15) is 11.6 Å². The summed E-state index contributed by atoms with van der Waals surface area (Å²) in [5, 5.41) is 9.16. The summed E-state index contributed by atoms with van der Waals surface area (Å²) < 4.78 is 0. The molecule has 1 fully saturated rings. The molecule has 126 valence electrons. The van der Waals surface area contributed by atoms with Crippen LogP contribution in [0.1, 0.15) is 38.4 Å². The summed E-state index contributed by atoms with van der Waals surface area (Å²) in [5.41, 5.74) is 1.99. The van der Waals surface area contributed by atoms with E-state index in [9.17, 15) is 4.79 Å². The molecule has 0 aliphatic carbocycles. The number of aliphatic carboxylic acids is 1. The van der Waals surface area contributed by atoms with Crippen LogP contribution < -0.4 is 4.90 Å². The van der Waals surface area contributed by atoms with E-state index in [4.69, 9.17) is 15.1 Å². The van der Waals surface area contributed by atoms with Gasteiger partial charge in [0.15, 0.2) is 0 Å². The number of nitrogens with zero attached hydrogens (tertiary/aromatic N) is 3. The second-order valence-electron chi connectivity index (χ2n) is 6.59. The van der Waals surface area contributed by atoms with Crippen LogP contribution in [0.3, 0.4) is 0 Å². The van der Waals surface area contributed by atoms with Gasteiger partial charge in [-0.3, -0.25) is 4.79 Å². The van der Waals surface area contributed by atoms with Crippen LogP contribution in [0.5, 0.6) is 0 Å². The van der Waals surface area contributed by atoms with Crippen molar-refractivity contribution in [2.45, 2.75) is 32.6 Å². The minimum Gasteiger partial charge on any atom is -0.481 e. The van der Waals surface area contributed by atoms with E-state index in [0.717, 1.165) is 36.0 Å². The highest BCUT2D eigenvalue weighted by molar-refractivity contribution is 5.70. The molecule has 5 heteroatoms. The number of aromatic nitrogens is 2. The minimum absolute atomic E-state index is 0.235. The number of piperidine rings is 1. The molecule has 1 aromatic heterocycles. The van der Waals surface area contributed by atoms with Gasteiger partial charge in [0.2, 0.25) is 0 Å². The molecule has 0 radical (unpaired) electrons. The first-order chi connectivity index (χ1) is 11.5. The van der Waals surface area contributed by atoms with Crippen LogP contribution >= 0.6 is 0 Å². The molecule has 0 bridgehead atoms. The third kappa shape index (κ3) is 3.55. The number of rotatable bonds is 4. The third-order valence-corrected chi connectivity index (χ3v) is 4.48. The molecule has 0 amide bonds. The average molecular weight is 325 g/mol. The highest BCUT2D eigenvalue weighted by atomic mass is 16.4. The van der Waals surface area contributed by atoms with Crippen molar-refractivity contribution in [1.29, 1.82) is 0 Å². The number of hydrogen-bond donors (Lipinski definition) is 1. The summed E-state index contributed by atoms with van der Waals surface area (Å²) >= 11 is 0. The Labute approximate surface area is 142 Å². The van der Waals surface area contributed by atoms with Gasteiger partial charge in [-0.05, 0) is 12.8 Å². The van der Waals surface area contributed by atoms with E-state index in [1.807, 2.05) is 36.4 Å². The van der Waals surface area contributed by atoms with Gasteiger partial charge >= 0.3 is 5.97 Å². The monoisotopic (exact) mass is 325 g/mol. The van der Waals surface area contributed by atoms with Crippen LogP contribution in [0, 0.1) is 5.92 Å². The summed E-state index contributed by atoms with van der Waals surface area (Å²) in [6, 6.07) is 12.1. The molecular weight excluding hydrogens is 302 g/mol. The van der Waals surface area contributed by atoms with Gasteiger partial charge < -0.3 is 10.0 Å².